The van der Waals surface area contributed by atoms with Crippen LogP contribution >= 0.6 is 27.7 Å². The average Bonchev–Trinajstić information content (AvgIpc) is 2.94. The van der Waals surface area contributed by atoms with Gasteiger partial charge in [-0.25, -0.2) is 13.2 Å². The highest BCUT2D eigenvalue weighted by Crippen LogP contribution is 2.29. The van der Waals surface area contributed by atoms with Crippen LogP contribution in [-0.2, 0) is 29.9 Å². The summed E-state index contributed by atoms with van der Waals surface area (Å²) in [5.41, 5.74) is -0.529. The molecular formula is C15H18BrNO5S2. The zero-order valence-electron chi connectivity index (χ0n) is 13.1. The van der Waals surface area contributed by atoms with E-state index < -0.39 is 33.0 Å². The molecule has 0 radical (unpaired) electrons. The van der Waals surface area contributed by atoms with Crippen LogP contribution in [0.25, 0.3) is 0 Å². The molecule has 0 saturated carbocycles. The Hall–Kier alpha value is -1.06. The Labute approximate surface area is 153 Å². The smallest absolute Gasteiger partial charge is 0.332 e. The maximum Gasteiger partial charge on any atom is 0.332 e. The third-order valence-electron chi connectivity index (χ3n) is 3.60. The van der Waals surface area contributed by atoms with Crippen molar-refractivity contribution in [2.24, 2.45) is 0 Å². The number of esters is 1. The molecule has 1 fully saturated rings. The van der Waals surface area contributed by atoms with Crippen LogP contribution in [0.2, 0.25) is 0 Å². The molecule has 2 rings (SSSR count). The first-order valence-electron chi connectivity index (χ1n) is 7.18. The molecule has 0 aliphatic carbocycles. The van der Waals surface area contributed by atoms with Crippen LogP contribution in [0.1, 0.15) is 12.0 Å². The predicted octanol–water partition coefficient (Wildman–Crippen LogP) is 1.53. The number of hydrogen-bond acceptors (Lipinski definition) is 6. The Morgan fingerprint density at radius 3 is 2.75 bits per heavy atom. The average molecular weight is 436 g/mol. The van der Waals surface area contributed by atoms with Crippen molar-refractivity contribution in [2.75, 3.05) is 24.4 Å². The minimum Gasteiger partial charge on any atom is -0.467 e. The molecular weight excluding hydrogens is 418 g/mol. The van der Waals surface area contributed by atoms with Gasteiger partial charge < -0.3 is 10.1 Å². The highest BCUT2D eigenvalue weighted by atomic mass is 79.9. The van der Waals surface area contributed by atoms with E-state index in [-0.39, 0.29) is 5.75 Å². The molecule has 1 heterocycles. The number of carbonyl (C=O) groups excluding carboxylic acids is 2. The summed E-state index contributed by atoms with van der Waals surface area (Å²) in [7, 11) is -2.39. The van der Waals surface area contributed by atoms with Gasteiger partial charge in [-0.2, -0.15) is 11.8 Å². The molecule has 0 bridgehead atoms. The van der Waals surface area contributed by atoms with Gasteiger partial charge in [-0.1, -0.05) is 28.1 Å². The lowest BCUT2D eigenvalue weighted by Crippen LogP contribution is -2.56. The summed E-state index contributed by atoms with van der Waals surface area (Å²) in [6.45, 7) is 0. The van der Waals surface area contributed by atoms with E-state index in [1.54, 1.807) is 24.3 Å². The molecule has 1 saturated heterocycles. The third-order valence-corrected chi connectivity index (χ3v) is 6.76. The molecule has 1 aliphatic rings. The Bertz CT molecular complexity index is 729. The Morgan fingerprint density at radius 2 is 2.17 bits per heavy atom. The highest BCUT2D eigenvalue weighted by Gasteiger charge is 2.44. The second-order valence-electron chi connectivity index (χ2n) is 5.59. The van der Waals surface area contributed by atoms with E-state index in [2.05, 4.69) is 21.2 Å². The lowest BCUT2D eigenvalue weighted by molar-refractivity contribution is -0.149. The van der Waals surface area contributed by atoms with E-state index >= 15 is 0 Å². The van der Waals surface area contributed by atoms with Crippen molar-refractivity contribution in [3.05, 3.63) is 34.3 Å². The molecule has 0 spiro atoms. The van der Waals surface area contributed by atoms with Crippen LogP contribution < -0.4 is 5.32 Å². The summed E-state index contributed by atoms with van der Waals surface area (Å²) in [5, 5.41) is 2.57. The summed E-state index contributed by atoms with van der Waals surface area (Å²) in [5.74, 6) is -1.02. The summed E-state index contributed by atoms with van der Waals surface area (Å²) in [6.07, 6.45) is 0.432. The fraction of sp³-hybridized carbons (Fsp3) is 0.467. The molecule has 1 aromatic rings. The normalized spacial score (nSPS) is 20.6. The van der Waals surface area contributed by atoms with E-state index in [0.717, 1.165) is 4.47 Å². The second kappa shape index (κ2) is 7.88. The minimum atomic E-state index is -3.64. The van der Waals surface area contributed by atoms with Crippen molar-refractivity contribution in [3.8, 4) is 0 Å². The first-order valence-corrected chi connectivity index (χ1v) is 11.0. The van der Waals surface area contributed by atoms with Crippen LogP contribution in [0.4, 0.5) is 0 Å². The van der Waals surface area contributed by atoms with Crippen molar-refractivity contribution in [1.29, 1.82) is 0 Å². The fourth-order valence-electron chi connectivity index (χ4n) is 2.51. The number of hydrogen-bond donors (Lipinski definition) is 1. The maximum absolute atomic E-state index is 12.2. The Morgan fingerprint density at radius 1 is 1.42 bits per heavy atom. The van der Waals surface area contributed by atoms with E-state index in [1.807, 2.05) is 0 Å². The number of halogens is 1. The van der Waals surface area contributed by atoms with Crippen molar-refractivity contribution in [2.45, 2.75) is 17.7 Å². The summed E-state index contributed by atoms with van der Waals surface area (Å²) in [4.78, 5) is 24.1. The monoisotopic (exact) mass is 435 g/mol. The molecule has 0 aromatic heterocycles. The molecule has 0 unspecified atom stereocenters. The predicted molar refractivity (Wildman–Crippen MR) is 96.5 cm³/mol. The number of ether oxygens (including phenoxy) is 1. The van der Waals surface area contributed by atoms with Crippen molar-refractivity contribution in [3.63, 3.8) is 0 Å². The van der Waals surface area contributed by atoms with E-state index in [4.69, 9.17) is 4.74 Å². The van der Waals surface area contributed by atoms with E-state index in [0.29, 0.717) is 23.5 Å². The fourth-order valence-corrected chi connectivity index (χ4v) is 5.53. The van der Waals surface area contributed by atoms with Gasteiger partial charge in [0, 0.05) is 10.2 Å². The number of thioether (sulfide) groups is 1. The topological polar surface area (TPSA) is 89.5 Å². The number of carbonyl (C=O) groups is 2. The van der Waals surface area contributed by atoms with Gasteiger partial charge in [0.05, 0.1) is 12.9 Å². The van der Waals surface area contributed by atoms with E-state index in [9.17, 15) is 18.0 Å². The van der Waals surface area contributed by atoms with Gasteiger partial charge >= 0.3 is 5.97 Å². The zero-order chi connectivity index (χ0) is 17.8. The van der Waals surface area contributed by atoms with Gasteiger partial charge in [-0.05, 0) is 29.9 Å². The molecule has 24 heavy (non-hydrogen) atoms. The first-order chi connectivity index (χ1) is 11.3. The van der Waals surface area contributed by atoms with Gasteiger partial charge in [0.15, 0.2) is 9.84 Å². The van der Waals surface area contributed by atoms with E-state index in [1.165, 1.54) is 18.9 Å². The lowest BCUT2D eigenvalue weighted by atomic mass is 9.99. The Kier molecular flexibility index (Phi) is 6.33. The van der Waals surface area contributed by atoms with Crippen LogP contribution in [0.3, 0.4) is 0 Å². The van der Waals surface area contributed by atoms with Gasteiger partial charge in [0.2, 0.25) is 5.91 Å². The molecule has 6 nitrogen and oxygen atoms in total. The highest BCUT2D eigenvalue weighted by molar-refractivity contribution is 9.10. The van der Waals surface area contributed by atoms with Crippen LogP contribution in [-0.4, -0.2) is 50.2 Å². The van der Waals surface area contributed by atoms with Gasteiger partial charge in [-0.15, -0.1) is 0 Å². The molecule has 1 amide bonds. The lowest BCUT2D eigenvalue weighted by Gasteiger charge is -2.26. The number of benzene rings is 1. The van der Waals surface area contributed by atoms with Crippen LogP contribution in [0.5, 0.6) is 0 Å². The van der Waals surface area contributed by atoms with Crippen molar-refractivity contribution in [1.82, 2.24) is 5.32 Å². The van der Waals surface area contributed by atoms with Crippen molar-refractivity contribution < 1.29 is 22.7 Å². The zero-order valence-corrected chi connectivity index (χ0v) is 16.3. The largest absolute Gasteiger partial charge is 0.467 e. The van der Waals surface area contributed by atoms with Crippen LogP contribution in [0, 0.1) is 0 Å². The van der Waals surface area contributed by atoms with Gasteiger partial charge in [-0.3, -0.25) is 4.79 Å². The second-order valence-corrected chi connectivity index (χ2v) is 9.67. The summed E-state index contributed by atoms with van der Waals surface area (Å²) >= 11 is 4.80. The van der Waals surface area contributed by atoms with Crippen LogP contribution in [0.15, 0.2) is 28.7 Å². The molecule has 9 heteroatoms. The number of rotatable bonds is 6. The van der Waals surface area contributed by atoms with Gasteiger partial charge in [0.25, 0.3) is 0 Å². The standard InChI is InChI=1S/C15H18BrNO5S2/c1-22-14(19)15(5-6-23-10-15)17-13(18)9-24(20,21)8-11-3-2-4-12(16)7-11/h2-4,7H,5-6,8-10H2,1H3,(H,17,18)/t15-/m1/s1. The minimum absolute atomic E-state index is 0.236. The maximum atomic E-state index is 12.2. The molecule has 132 valence electrons. The first kappa shape index (κ1) is 19.3. The molecule has 1 N–H and O–H groups in total. The number of amides is 1. The van der Waals surface area contributed by atoms with Gasteiger partial charge in [0.1, 0.15) is 11.3 Å². The number of nitrogens with one attached hydrogen (secondary N) is 1. The van der Waals surface area contributed by atoms with Crippen molar-refractivity contribution >= 4 is 49.4 Å². The molecule has 1 aliphatic heterocycles. The molecule has 1 atom stereocenters. The number of sulfone groups is 1. The third kappa shape index (κ3) is 4.97. The summed E-state index contributed by atoms with van der Waals surface area (Å²) < 4.78 is 30.0. The summed E-state index contributed by atoms with van der Waals surface area (Å²) in [6, 6.07) is 6.90. The number of methoxy groups -OCH3 is 1. The molecule has 1 aromatic carbocycles. The Balaban J connectivity index is 2.03. The SMILES string of the molecule is COC(=O)[C@@]1(NC(=O)CS(=O)(=O)Cc2cccc(Br)c2)CCSC1. The quantitative estimate of drug-likeness (QED) is 0.681.